The van der Waals surface area contributed by atoms with E-state index in [0.29, 0.717) is 11.6 Å². The Balaban J connectivity index is 2.10. The predicted octanol–water partition coefficient (Wildman–Crippen LogP) is 3.50. The summed E-state index contributed by atoms with van der Waals surface area (Å²) in [5.41, 5.74) is -0.764. The molecule has 0 aliphatic heterocycles. The highest BCUT2D eigenvalue weighted by Crippen LogP contribution is 2.21. The largest absolute Gasteiger partial charge is 0.449 e. The van der Waals surface area contributed by atoms with Crippen LogP contribution in [0.3, 0.4) is 0 Å². The van der Waals surface area contributed by atoms with Crippen molar-refractivity contribution in [3.63, 3.8) is 0 Å². The summed E-state index contributed by atoms with van der Waals surface area (Å²) in [6, 6.07) is 5.05. The van der Waals surface area contributed by atoms with Crippen molar-refractivity contribution >= 4 is 23.3 Å². The second-order valence-electron chi connectivity index (χ2n) is 5.52. The fraction of sp³-hybridized carbons (Fsp3) is 0.176. The van der Waals surface area contributed by atoms with E-state index >= 15 is 0 Å². The number of rotatable bonds is 5. The second kappa shape index (κ2) is 7.85. The minimum Gasteiger partial charge on any atom is -0.449 e. The lowest BCUT2D eigenvalue weighted by molar-refractivity contribution is -0.385. The van der Waals surface area contributed by atoms with E-state index in [1.807, 2.05) is 5.32 Å². The highest BCUT2D eigenvalue weighted by atomic mass is 19.2. The molecule has 2 aromatic rings. The molecular weight excluding hydrogens is 369 g/mol. The van der Waals surface area contributed by atoms with Gasteiger partial charge in [-0.1, -0.05) is 6.07 Å². The van der Waals surface area contributed by atoms with E-state index in [1.54, 1.807) is 0 Å². The van der Waals surface area contributed by atoms with Crippen LogP contribution >= 0.6 is 0 Å². The van der Waals surface area contributed by atoms with Gasteiger partial charge in [0.25, 0.3) is 11.6 Å². The van der Waals surface area contributed by atoms with Crippen molar-refractivity contribution in [2.75, 3.05) is 5.32 Å². The van der Waals surface area contributed by atoms with Gasteiger partial charge in [-0.3, -0.25) is 14.9 Å². The molecule has 0 saturated heterocycles. The Labute approximate surface area is 150 Å². The van der Waals surface area contributed by atoms with Crippen LogP contribution in [-0.2, 0) is 9.53 Å². The first kappa shape index (κ1) is 19.9. The normalized spacial score (nSPS) is 11.6. The number of anilines is 1. The van der Waals surface area contributed by atoms with Gasteiger partial charge in [0, 0.05) is 11.6 Å². The van der Waals surface area contributed by atoms with Crippen LogP contribution in [0.2, 0.25) is 0 Å². The summed E-state index contributed by atoms with van der Waals surface area (Å²) >= 11 is 0. The van der Waals surface area contributed by atoms with E-state index in [4.69, 9.17) is 4.74 Å². The molecule has 2 rings (SSSR count). The Kier molecular flexibility index (Phi) is 5.78. The van der Waals surface area contributed by atoms with Crippen molar-refractivity contribution in [2.45, 2.75) is 20.0 Å². The molecule has 0 aliphatic carbocycles. The molecule has 0 bridgehead atoms. The second-order valence-corrected chi connectivity index (χ2v) is 5.52. The number of carbonyl (C=O) groups is 2. The van der Waals surface area contributed by atoms with Crippen molar-refractivity contribution in [1.29, 1.82) is 0 Å². The number of nitrogens with one attached hydrogen (secondary N) is 1. The third-order valence-corrected chi connectivity index (χ3v) is 3.59. The summed E-state index contributed by atoms with van der Waals surface area (Å²) < 4.78 is 44.5. The number of hydrogen-bond acceptors (Lipinski definition) is 5. The first-order chi connectivity index (χ1) is 12.6. The van der Waals surface area contributed by atoms with Gasteiger partial charge < -0.3 is 10.1 Å². The molecule has 0 fully saturated rings. The molecule has 0 radical (unpaired) electrons. The van der Waals surface area contributed by atoms with Gasteiger partial charge in [-0.05, 0) is 32.0 Å². The average Bonchev–Trinajstić information content (AvgIpc) is 2.62. The molecule has 0 unspecified atom stereocenters. The number of ether oxygens (including phenoxy) is 1. The fourth-order valence-electron chi connectivity index (χ4n) is 2.07. The number of aryl methyl sites for hydroxylation is 1. The van der Waals surface area contributed by atoms with E-state index in [1.165, 1.54) is 19.1 Å². The maximum Gasteiger partial charge on any atom is 0.339 e. The number of esters is 1. The van der Waals surface area contributed by atoms with Crippen LogP contribution in [0.4, 0.5) is 24.5 Å². The fourth-order valence-corrected chi connectivity index (χ4v) is 2.07. The average molecular weight is 382 g/mol. The Morgan fingerprint density at radius 3 is 2.44 bits per heavy atom. The van der Waals surface area contributed by atoms with E-state index in [-0.39, 0.29) is 11.3 Å². The number of nitro benzene ring substituents is 1. The lowest BCUT2D eigenvalue weighted by atomic mass is 10.1. The lowest BCUT2D eigenvalue weighted by Gasteiger charge is -2.14. The van der Waals surface area contributed by atoms with Crippen LogP contribution in [-0.4, -0.2) is 22.9 Å². The Hall–Kier alpha value is -3.43. The molecule has 7 nitrogen and oxygen atoms in total. The van der Waals surface area contributed by atoms with Crippen LogP contribution in [0.15, 0.2) is 30.3 Å². The molecule has 0 spiro atoms. The smallest absolute Gasteiger partial charge is 0.339 e. The standard InChI is InChI=1S/C17H13F3N2O5/c1-8-3-4-10(7-13(8)22(25)26)17(24)27-9(2)16(23)21-12-6-5-11(18)14(19)15(12)20/h3-7,9H,1-2H3,(H,21,23)/t9-/m1/s1. The highest BCUT2D eigenvalue weighted by molar-refractivity contribution is 5.97. The molecule has 10 heteroatoms. The number of nitro groups is 1. The van der Waals surface area contributed by atoms with Crippen molar-refractivity contribution < 1.29 is 32.4 Å². The first-order valence-electron chi connectivity index (χ1n) is 7.52. The van der Waals surface area contributed by atoms with Crippen molar-refractivity contribution in [1.82, 2.24) is 0 Å². The molecule has 0 heterocycles. The molecule has 27 heavy (non-hydrogen) atoms. The van der Waals surface area contributed by atoms with Crippen LogP contribution in [0.1, 0.15) is 22.8 Å². The van der Waals surface area contributed by atoms with Crippen LogP contribution in [0.5, 0.6) is 0 Å². The van der Waals surface area contributed by atoms with Gasteiger partial charge in [-0.25, -0.2) is 18.0 Å². The molecule has 2 aromatic carbocycles. The zero-order valence-electron chi connectivity index (χ0n) is 14.1. The van der Waals surface area contributed by atoms with Crippen molar-refractivity contribution in [2.24, 2.45) is 0 Å². The topological polar surface area (TPSA) is 98.5 Å². The SMILES string of the molecule is Cc1ccc(C(=O)O[C@H](C)C(=O)Nc2ccc(F)c(F)c2F)cc1[N+](=O)[O-]. The third kappa shape index (κ3) is 4.40. The highest BCUT2D eigenvalue weighted by Gasteiger charge is 2.23. The summed E-state index contributed by atoms with van der Waals surface area (Å²) in [7, 11) is 0. The number of halogens is 3. The molecule has 0 aliphatic rings. The van der Waals surface area contributed by atoms with Gasteiger partial charge >= 0.3 is 5.97 Å². The van der Waals surface area contributed by atoms with Gasteiger partial charge in [0.05, 0.1) is 16.2 Å². The summed E-state index contributed by atoms with van der Waals surface area (Å²) in [4.78, 5) is 34.3. The molecule has 1 N–H and O–H groups in total. The minimum absolute atomic E-state index is 0.161. The number of benzene rings is 2. The molecule has 142 valence electrons. The van der Waals surface area contributed by atoms with E-state index < -0.39 is 46.0 Å². The van der Waals surface area contributed by atoms with Crippen molar-refractivity contribution in [3.05, 3.63) is 69.0 Å². The van der Waals surface area contributed by atoms with Gasteiger partial charge in [0.1, 0.15) is 0 Å². The zero-order chi connectivity index (χ0) is 20.3. The quantitative estimate of drug-likeness (QED) is 0.369. The number of carbonyl (C=O) groups excluding carboxylic acids is 2. The van der Waals surface area contributed by atoms with Gasteiger partial charge in [0.15, 0.2) is 23.6 Å². The lowest BCUT2D eigenvalue weighted by Crippen LogP contribution is -2.30. The maximum absolute atomic E-state index is 13.6. The summed E-state index contributed by atoms with van der Waals surface area (Å²) in [6.07, 6.45) is -1.44. The molecule has 0 aromatic heterocycles. The minimum atomic E-state index is -1.76. The number of hydrogen-bond donors (Lipinski definition) is 1. The molecule has 1 atom stereocenters. The molecule has 0 saturated carbocycles. The van der Waals surface area contributed by atoms with Gasteiger partial charge in [-0.15, -0.1) is 0 Å². The summed E-state index contributed by atoms with van der Waals surface area (Å²) in [5.74, 6) is -6.81. The number of nitrogens with zero attached hydrogens (tertiary/aromatic N) is 1. The summed E-state index contributed by atoms with van der Waals surface area (Å²) in [5, 5.41) is 12.9. The van der Waals surface area contributed by atoms with E-state index in [2.05, 4.69) is 0 Å². The van der Waals surface area contributed by atoms with E-state index in [0.717, 1.165) is 19.1 Å². The summed E-state index contributed by atoms with van der Waals surface area (Å²) in [6.45, 7) is 2.65. The zero-order valence-corrected chi connectivity index (χ0v) is 14.1. The Bertz CT molecular complexity index is 933. The number of amides is 1. The first-order valence-corrected chi connectivity index (χ1v) is 7.52. The van der Waals surface area contributed by atoms with Crippen molar-refractivity contribution in [3.8, 4) is 0 Å². The third-order valence-electron chi connectivity index (χ3n) is 3.59. The van der Waals surface area contributed by atoms with Crippen LogP contribution < -0.4 is 5.32 Å². The molecule has 1 amide bonds. The monoisotopic (exact) mass is 382 g/mol. The molecular formula is C17H13F3N2O5. The van der Waals surface area contributed by atoms with Crippen LogP contribution in [0, 0.1) is 34.5 Å². The van der Waals surface area contributed by atoms with Gasteiger partial charge in [0.2, 0.25) is 0 Å². The maximum atomic E-state index is 13.6. The van der Waals surface area contributed by atoms with Gasteiger partial charge in [-0.2, -0.15) is 0 Å². The van der Waals surface area contributed by atoms with E-state index in [9.17, 15) is 32.9 Å². The predicted molar refractivity (Wildman–Crippen MR) is 87.7 cm³/mol. The van der Waals surface area contributed by atoms with Crippen LogP contribution in [0.25, 0.3) is 0 Å². The Morgan fingerprint density at radius 1 is 1.15 bits per heavy atom. The Morgan fingerprint density at radius 2 is 1.81 bits per heavy atom.